The maximum atomic E-state index is 12.0. The molecule has 1 amide bonds. The van der Waals surface area contributed by atoms with E-state index in [0.29, 0.717) is 23.6 Å². The van der Waals surface area contributed by atoms with E-state index in [1.54, 1.807) is 13.8 Å². The zero-order valence-electron chi connectivity index (χ0n) is 12.1. The third-order valence-corrected chi connectivity index (χ3v) is 3.76. The second-order valence-corrected chi connectivity index (χ2v) is 5.42. The molecule has 0 bridgehead atoms. The van der Waals surface area contributed by atoms with E-state index in [0.717, 1.165) is 10.4 Å². The van der Waals surface area contributed by atoms with Crippen LogP contribution in [0.15, 0.2) is 0 Å². The van der Waals surface area contributed by atoms with Crippen LogP contribution >= 0.6 is 23.7 Å². The minimum atomic E-state index is -0.623. The number of halogens is 1. The van der Waals surface area contributed by atoms with Crippen LogP contribution in [0.3, 0.4) is 0 Å². The summed E-state index contributed by atoms with van der Waals surface area (Å²) in [6.07, 6.45) is 0.713. The summed E-state index contributed by atoms with van der Waals surface area (Å²) < 4.78 is 5.05. The molecule has 1 unspecified atom stereocenters. The van der Waals surface area contributed by atoms with Gasteiger partial charge in [-0.05, 0) is 32.8 Å². The van der Waals surface area contributed by atoms with Crippen LogP contribution in [0.25, 0.3) is 0 Å². The number of ether oxygens (including phenoxy) is 1. The van der Waals surface area contributed by atoms with Crippen LogP contribution in [0.2, 0.25) is 0 Å². The summed E-state index contributed by atoms with van der Waals surface area (Å²) in [6, 6.07) is -0.623. The number of aryl methyl sites for hydroxylation is 1. The van der Waals surface area contributed by atoms with Gasteiger partial charge in [0.05, 0.1) is 18.2 Å². The molecule has 1 rings (SSSR count). The Hall–Kier alpha value is -1.11. The van der Waals surface area contributed by atoms with E-state index in [-0.39, 0.29) is 18.3 Å². The van der Waals surface area contributed by atoms with Gasteiger partial charge in [0.2, 0.25) is 5.91 Å². The first-order chi connectivity index (χ1) is 8.92. The molecule has 1 atom stereocenters. The minimum absolute atomic E-state index is 0. The Morgan fingerprint density at radius 1 is 1.40 bits per heavy atom. The van der Waals surface area contributed by atoms with Crippen molar-refractivity contribution >= 4 is 40.6 Å². The van der Waals surface area contributed by atoms with E-state index in [1.807, 2.05) is 13.8 Å². The SMILES string of the molecule is CCOC(=O)c1c(NC(=O)C(C)N)sc(C)c1CC.Cl. The highest BCUT2D eigenvalue weighted by Crippen LogP contribution is 2.34. The summed E-state index contributed by atoms with van der Waals surface area (Å²) in [5, 5.41) is 3.22. The molecule has 0 radical (unpaired) electrons. The van der Waals surface area contributed by atoms with Crippen LogP contribution in [-0.2, 0) is 16.0 Å². The lowest BCUT2D eigenvalue weighted by Crippen LogP contribution is -2.32. The third kappa shape index (κ3) is 4.19. The summed E-state index contributed by atoms with van der Waals surface area (Å²) in [5.41, 5.74) is 6.90. The molecule has 114 valence electrons. The van der Waals surface area contributed by atoms with Crippen molar-refractivity contribution in [3.63, 3.8) is 0 Å². The van der Waals surface area contributed by atoms with Crippen molar-refractivity contribution in [2.75, 3.05) is 11.9 Å². The average molecular weight is 321 g/mol. The molecule has 0 fully saturated rings. The highest BCUT2D eigenvalue weighted by atomic mass is 35.5. The summed E-state index contributed by atoms with van der Waals surface area (Å²) >= 11 is 1.38. The summed E-state index contributed by atoms with van der Waals surface area (Å²) in [5.74, 6) is -0.710. The van der Waals surface area contributed by atoms with Gasteiger partial charge < -0.3 is 15.8 Å². The maximum Gasteiger partial charge on any atom is 0.341 e. The van der Waals surface area contributed by atoms with Gasteiger partial charge in [-0.1, -0.05) is 6.92 Å². The molecular formula is C13H21ClN2O3S. The first-order valence-electron chi connectivity index (χ1n) is 6.28. The predicted molar refractivity (Wildman–Crippen MR) is 83.9 cm³/mol. The summed E-state index contributed by atoms with van der Waals surface area (Å²) in [7, 11) is 0. The van der Waals surface area contributed by atoms with Gasteiger partial charge >= 0.3 is 5.97 Å². The number of amides is 1. The lowest BCUT2D eigenvalue weighted by atomic mass is 10.1. The zero-order valence-corrected chi connectivity index (χ0v) is 13.7. The van der Waals surface area contributed by atoms with Gasteiger partial charge in [-0.25, -0.2) is 4.79 Å². The first kappa shape index (κ1) is 18.9. The van der Waals surface area contributed by atoms with Crippen molar-refractivity contribution in [1.82, 2.24) is 0 Å². The topological polar surface area (TPSA) is 81.4 Å². The molecule has 20 heavy (non-hydrogen) atoms. The number of nitrogens with two attached hydrogens (primary N) is 1. The normalized spacial score (nSPS) is 11.4. The van der Waals surface area contributed by atoms with Crippen LogP contribution < -0.4 is 11.1 Å². The molecular weight excluding hydrogens is 300 g/mol. The van der Waals surface area contributed by atoms with Crippen LogP contribution in [0.5, 0.6) is 0 Å². The van der Waals surface area contributed by atoms with Crippen LogP contribution in [0.4, 0.5) is 5.00 Å². The lowest BCUT2D eigenvalue weighted by molar-refractivity contribution is -0.117. The van der Waals surface area contributed by atoms with E-state index in [4.69, 9.17) is 10.5 Å². The molecule has 5 nitrogen and oxygen atoms in total. The number of carbonyl (C=O) groups excluding carboxylic acids is 2. The number of thiophene rings is 1. The lowest BCUT2D eigenvalue weighted by Gasteiger charge is -2.09. The third-order valence-electron chi connectivity index (χ3n) is 2.69. The molecule has 0 spiro atoms. The van der Waals surface area contributed by atoms with Crippen LogP contribution in [0.1, 0.15) is 41.6 Å². The van der Waals surface area contributed by atoms with E-state index in [2.05, 4.69) is 5.32 Å². The molecule has 0 aromatic carbocycles. The molecule has 1 heterocycles. The quantitative estimate of drug-likeness (QED) is 0.817. The summed E-state index contributed by atoms with van der Waals surface area (Å²) in [4.78, 5) is 24.7. The van der Waals surface area contributed by atoms with Gasteiger partial charge in [0.25, 0.3) is 0 Å². The molecule has 0 saturated carbocycles. The van der Waals surface area contributed by atoms with Crippen molar-refractivity contribution in [3.05, 3.63) is 16.0 Å². The largest absolute Gasteiger partial charge is 0.462 e. The fourth-order valence-corrected chi connectivity index (χ4v) is 2.87. The minimum Gasteiger partial charge on any atom is -0.462 e. The molecule has 0 aliphatic rings. The second-order valence-electron chi connectivity index (χ2n) is 4.19. The van der Waals surface area contributed by atoms with Gasteiger partial charge in [0.1, 0.15) is 5.00 Å². The van der Waals surface area contributed by atoms with E-state index in [9.17, 15) is 9.59 Å². The molecule has 7 heteroatoms. The van der Waals surface area contributed by atoms with Gasteiger partial charge in [0.15, 0.2) is 0 Å². The molecule has 1 aromatic rings. The van der Waals surface area contributed by atoms with Gasteiger partial charge in [0, 0.05) is 4.88 Å². The van der Waals surface area contributed by atoms with Gasteiger partial charge in [-0.15, -0.1) is 23.7 Å². The molecule has 0 aliphatic heterocycles. The predicted octanol–water partition coefficient (Wildman–Crippen LogP) is 2.50. The van der Waals surface area contributed by atoms with Crippen molar-refractivity contribution in [2.24, 2.45) is 5.73 Å². The first-order valence-corrected chi connectivity index (χ1v) is 7.09. The second kappa shape index (κ2) is 8.24. The number of anilines is 1. The number of nitrogens with one attached hydrogen (secondary N) is 1. The van der Waals surface area contributed by atoms with Gasteiger partial charge in [-0.3, -0.25) is 4.79 Å². The number of rotatable bonds is 5. The Morgan fingerprint density at radius 3 is 2.45 bits per heavy atom. The summed E-state index contributed by atoms with van der Waals surface area (Å²) in [6.45, 7) is 7.55. The smallest absolute Gasteiger partial charge is 0.341 e. The van der Waals surface area contributed by atoms with Crippen molar-refractivity contribution < 1.29 is 14.3 Å². The number of hydrogen-bond donors (Lipinski definition) is 2. The molecule has 3 N–H and O–H groups in total. The van der Waals surface area contributed by atoms with E-state index in [1.165, 1.54) is 11.3 Å². The van der Waals surface area contributed by atoms with E-state index < -0.39 is 12.0 Å². The molecule has 1 aromatic heterocycles. The highest BCUT2D eigenvalue weighted by molar-refractivity contribution is 7.16. The standard InChI is InChI=1S/C13H20N2O3S.ClH/c1-5-9-8(4)19-12(15-11(16)7(3)14)10(9)13(17)18-6-2;/h7H,5-6,14H2,1-4H3,(H,15,16);1H. The Bertz CT molecular complexity index is 486. The molecule has 0 aliphatic carbocycles. The fourth-order valence-electron chi connectivity index (χ4n) is 1.74. The fraction of sp³-hybridized carbons (Fsp3) is 0.538. The number of esters is 1. The monoisotopic (exact) mass is 320 g/mol. The Labute approximate surface area is 129 Å². The zero-order chi connectivity index (χ0) is 14.6. The number of carbonyl (C=O) groups is 2. The van der Waals surface area contributed by atoms with Crippen molar-refractivity contribution in [1.29, 1.82) is 0 Å². The van der Waals surface area contributed by atoms with Gasteiger partial charge in [-0.2, -0.15) is 0 Å². The highest BCUT2D eigenvalue weighted by Gasteiger charge is 2.23. The Kier molecular flexibility index (Phi) is 7.78. The van der Waals surface area contributed by atoms with Crippen molar-refractivity contribution in [2.45, 2.75) is 40.2 Å². The molecule has 0 saturated heterocycles. The number of hydrogen-bond acceptors (Lipinski definition) is 5. The van der Waals surface area contributed by atoms with Crippen molar-refractivity contribution in [3.8, 4) is 0 Å². The average Bonchev–Trinajstić information content (AvgIpc) is 2.65. The Morgan fingerprint density at radius 2 is 2.00 bits per heavy atom. The van der Waals surface area contributed by atoms with E-state index >= 15 is 0 Å². The maximum absolute atomic E-state index is 12.0. The van der Waals surface area contributed by atoms with Crippen LogP contribution in [-0.4, -0.2) is 24.5 Å². The Balaban J connectivity index is 0.00000361. The van der Waals surface area contributed by atoms with Crippen LogP contribution in [0, 0.1) is 6.92 Å².